The van der Waals surface area contributed by atoms with Crippen LogP contribution in [0.15, 0.2) is 48.8 Å². The summed E-state index contributed by atoms with van der Waals surface area (Å²) in [5.74, 6) is 0.680. The van der Waals surface area contributed by atoms with Gasteiger partial charge in [-0.3, -0.25) is 0 Å². The van der Waals surface area contributed by atoms with Gasteiger partial charge in [0.2, 0.25) is 0 Å². The van der Waals surface area contributed by atoms with Crippen LogP contribution in [0.2, 0.25) is 0 Å². The first kappa shape index (κ1) is 17.4. The fourth-order valence-electron chi connectivity index (χ4n) is 2.27. The number of hydrogen-bond acceptors (Lipinski definition) is 6. The molecule has 0 saturated carbocycles. The molecule has 26 heavy (non-hydrogen) atoms. The number of anilines is 4. The first-order valence-corrected chi connectivity index (χ1v) is 7.62. The second kappa shape index (κ2) is 7.64. The maximum Gasteiger partial charge on any atom is 0.149 e. The van der Waals surface area contributed by atoms with Crippen LogP contribution in [0.5, 0.6) is 11.5 Å². The fourth-order valence-corrected chi connectivity index (χ4v) is 2.27. The van der Waals surface area contributed by atoms with Crippen molar-refractivity contribution < 1.29 is 18.3 Å². The van der Waals surface area contributed by atoms with E-state index in [1.165, 1.54) is 12.4 Å². The average Bonchev–Trinajstić information content (AvgIpc) is 2.64. The van der Waals surface area contributed by atoms with Crippen molar-refractivity contribution in [2.45, 2.75) is 0 Å². The van der Waals surface area contributed by atoms with Crippen molar-refractivity contribution in [3.8, 4) is 11.5 Å². The zero-order valence-corrected chi connectivity index (χ0v) is 14.1. The normalized spacial score (nSPS) is 10.3. The molecule has 0 fully saturated rings. The molecular formula is C18H16F2N4O2. The van der Waals surface area contributed by atoms with E-state index < -0.39 is 11.6 Å². The van der Waals surface area contributed by atoms with Crippen LogP contribution in [-0.4, -0.2) is 24.2 Å². The molecule has 2 N–H and O–H groups in total. The van der Waals surface area contributed by atoms with E-state index in [1.54, 1.807) is 38.5 Å². The van der Waals surface area contributed by atoms with E-state index in [1.807, 2.05) is 0 Å². The van der Waals surface area contributed by atoms with Crippen LogP contribution >= 0.6 is 0 Å². The zero-order chi connectivity index (χ0) is 18.5. The number of aromatic nitrogens is 2. The zero-order valence-electron chi connectivity index (χ0n) is 14.1. The molecule has 134 valence electrons. The molecule has 1 heterocycles. The minimum atomic E-state index is -0.715. The molecule has 0 aliphatic carbocycles. The number of benzene rings is 2. The fraction of sp³-hybridized carbons (Fsp3) is 0.111. The molecule has 3 aromatic rings. The number of nitrogens with zero attached hydrogens (tertiary/aromatic N) is 2. The van der Waals surface area contributed by atoms with Crippen molar-refractivity contribution in [3.63, 3.8) is 0 Å². The summed E-state index contributed by atoms with van der Waals surface area (Å²) in [6.45, 7) is 0. The lowest BCUT2D eigenvalue weighted by Gasteiger charge is -2.13. The molecule has 0 atom stereocenters. The van der Waals surface area contributed by atoms with Crippen molar-refractivity contribution in [1.29, 1.82) is 0 Å². The van der Waals surface area contributed by atoms with Crippen molar-refractivity contribution in [1.82, 2.24) is 9.97 Å². The van der Waals surface area contributed by atoms with E-state index in [0.29, 0.717) is 28.8 Å². The van der Waals surface area contributed by atoms with Gasteiger partial charge in [-0.1, -0.05) is 0 Å². The van der Waals surface area contributed by atoms with Gasteiger partial charge in [-0.2, -0.15) is 0 Å². The van der Waals surface area contributed by atoms with Gasteiger partial charge in [0.15, 0.2) is 0 Å². The molecular weight excluding hydrogens is 342 g/mol. The lowest BCUT2D eigenvalue weighted by molar-refractivity contribution is 0.405. The van der Waals surface area contributed by atoms with Crippen molar-refractivity contribution in [2.75, 3.05) is 24.9 Å². The summed E-state index contributed by atoms with van der Waals surface area (Å²) in [5.41, 5.74) is 0.750. The third-order valence-corrected chi connectivity index (χ3v) is 3.53. The Kier molecular flexibility index (Phi) is 5.12. The lowest BCUT2D eigenvalue weighted by Crippen LogP contribution is -2.01. The highest BCUT2D eigenvalue weighted by Gasteiger charge is 2.09. The van der Waals surface area contributed by atoms with Gasteiger partial charge in [0.25, 0.3) is 0 Å². The summed E-state index contributed by atoms with van der Waals surface area (Å²) in [5, 5.41) is 5.89. The maximum absolute atomic E-state index is 13.8. The number of methoxy groups -OCH3 is 2. The van der Waals surface area contributed by atoms with Crippen LogP contribution in [-0.2, 0) is 0 Å². The number of halogens is 2. The van der Waals surface area contributed by atoms with Crippen LogP contribution in [0.3, 0.4) is 0 Å². The molecule has 0 aliphatic heterocycles. The van der Waals surface area contributed by atoms with Gasteiger partial charge in [-0.15, -0.1) is 0 Å². The standard InChI is InChI=1S/C18H16F2N4O2/c1-25-12-4-6-16(26-2)15(8-12)24-18-9-17(21-10-22-18)23-14-5-3-11(19)7-13(14)20/h3-10H,1-2H3,(H2,21,22,23,24). The van der Waals surface area contributed by atoms with Gasteiger partial charge in [0, 0.05) is 18.2 Å². The average molecular weight is 358 g/mol. The van der Waals surface area contributed by atoms with Crippen LogP contribution in [0.25, 0.3) is 0 Å². The smallest absolute Gasteiger partial charge is 0.149 e. The van der Waals surface area contributed by atoms with Gasteiger partial charge in [0.1, 0.15) is 41.1 Å². The Bertz CT molecular complexity index is 921. The third kappa shape index (κ3) is 3.97. The summed E-state index contributed by atoms with van der Waals surface area (Å²) in [7, 11) is 3.12. The first-order chi connectivity index (χ1) is 12.6. The maximum atomic E-state index is 13.8. The highest BCUT2D eigenvalue weighted by atomic mass is 19.1. The van der Waals surface area contributed by atoms with Crippen LogP contribution in [0, 0.1) is 11.6 Å². The van der Waals surface area contributed by atoms with Crippen LogP contribution in [0.1, 0.15) is 0 Å². The van der Waals surface area contributed by atoms with Crippen LogP contribution in [0.4, 0.5) is 31.8 Å². The Balaban J connectivity index is 1.84. The molecule has 0 saturated heterocycles. The summed E-state index contributed by atoms with van der Waals surface area (Å²) in [4.78, 5) is 8.17. The molecule has 0 spiro atoms. The minimum absolute atomic E-state index is 0.106. The van der Waals surface area contributed by atoms with E-state index in [0.717, 1.165) is 12.1 Å². The Hall–Kier alpha value is -3.42. The summed E-state index contributed by atoms with van der Waals surface area (Å²) in [6.07, 6.45) is 1.32. The molecule has 6 nitrogen and oxygen atoms in total. The Morgan fingerprint density at radius 1 is 0.808 bits per heavy atom. The lowest BCUT2D eigenvalue weighted by atomic mass is 10.2. The summed E-state index contributed by atoms with van der Waals surface area (Å²) >= 11 is 0. The first-order valence-electron chi connectivity index (χ1n) is 7.62. The number of nitrogens with one attached hydrogen (secondary N) is 2. The number of rotatable bonds is 6. The topological polar surface area (TPSA) is 68.3 Å². The highest BCUT2D eigenvalue weighted by molar-refractivity contribution is 5.68. The molecule has 0 radical (unpaired) electrons. The molecule has 0 aliphatic rings. The van der Waals surface area contributed by atoms with Crippen LogP contribution < -0.4 is 20.1 Å². The van der Waals surface area contributed by atoms with Crippen molar-refractivity contribution in [2.24, 2.45) is 0 Å². The van der Waals surface area contributed by atoms with E-state index >= 15 is 0 Å². The largest absolute Gasteiger partial charge is 0.497 e. The quantitative estimate of drug-likeness (QED) is 0.686. The molecule has 2 aromatic carbocycles. The van der Waals surface area contributed by atoms with Gasteiger partial charge in [0.05, 0.1) is 25.6 Å². The third-order valence-electron chi connectivity index (χ3n) is 3.53. The Labute approximate surface area is 148 Å². The molecule has 0 amide bonds. The molecule has 3 rings (SSSR count). The highest BCUT2D eigenvalue weighted by Crippen LogP contribution is 2.31. The monoisotopic (exact) mass is 358 g/mol. The molecule has 0 bridgehead atoms. The van der Waals surface area contributed by atoms with E-state index in [4.69, 9.17) is 9.47 Å². The van der Waals surface area contributed by atoms with Crippen molar-refractivity contribution in [3.05, 3.63) is 60.4 Å². The van der Waals surface area contributed by atoms with E-state index in [9.17, 15) is 8.78 Å². The second-order valence-electron chi connectivity index (χ2n) is 5.23. The van der Waals surface area contributed by atoms with E-state index in [-0.39, 0.29) is 5.69 Å². The molecule has 8 heteroatoms. The second-order valence-corrected chi connectivity index (χ2v) is 5.23. The minimum Gasteiger partial charge on any atom is -0.497 e. The predicted molar refractivity (Wildman–Crippen MR) is 94.5 cm³/mol. The van der Waals surface area contributed by atoms with Gasteiger partial charge in [-0.05, 0) is 24.3 Å². The number of hydrogen-bond donors (Lipinski definition) is 2. The van der Waals surface area contributed by atoms with Crippen molar-refractivity contribution >= 4 is 23.0 Å². The molecule has 0 unspecified atom stereocenters. The SMILES string of the molecule is COc1ccc(OC)c(Nc2cc(Nc3ccc(F)cc3F)ncn2)c1. The molecule has 1 aromatic heterocycles. The van der Waals surface area contributed by atoms with E-state index in [2.05, 4.69) is 20.6 Å². The van der Waals surface area contributed by atoms with Gasteiger partial charge < -0.3 is 20.1 Å². The summed E-state index contributed by atoms with van der Waals surface area (Å²) < 4.78 is 37.3. The van der Waals surface area contributed by atoms with Gasteiger partial charge >= 0.3 is 0 Å². The Morgan fingerprint density at radius 2 is 1.54 bits per heavy atom. The predicted octanol–water partition coefficient (Wildman–Crippen LogP) is 4.26. The summed E-state index contributed by atoms with van der Waals surface area (Å²) in [6, 6.07) is 10.1. The van der Waals surface area contributed by atoms with Gasteiger partial charge in [-0.25, -0.2) is 18.7 Å². The Morgan fingerprint density at radius 3 is 2.19 bits per heavy atom. The number of ether oxygens (including phenoxy) is 2.